The zero-order chi connectivity index (χ0) is 15.0. The number of hydrogen-bond donors (Lipinski definition) is 1. The van der Waals surface area contributed by atoms with Crippen LogP contribution in [0.1, 0.15) is 17.0 Å². The van der Waals surface area contributed by atoms with Crippen molar-refractivity contribution < 1.29 is 18.3 Å². The van der Waals surface area contributed by atoms with Gasteiger partial charge < -0.3 is 5.11 Å². The number of aromatic nitrogens is 3. The average Bonchev–Trinajstić information content (AvgIpc) is 2.83. The lowest BCUT2D eigenvalue weighted by molar-refractivity contribution is -0.137. The molecule has 3 aromatic rings. The van der Waals surface area contributed by atoms with E-state index in [1.165, 1.54) is 18.2 Å². The Labute approximate surface area is 117 Å². The van der Waals surface area contributed by atoms with Crippen molar-refractivity contribution in [1.82, 2.24) is 14.6 Å². The summed E-state index contributed by atoms with van der Waals surface area (Å²) in [6.45, 7) is 0. The van der Waals surface area contributed by atoms with Crippen molar-refractivity contribution >= 4 is 5.65 Å². The number of fused-ring (bicyclic) bond motifs is 1. The molecule has 1 N–H and O–H groups in total. The zero-order valence-electron chi connectivity index (χ0n) is 10.7. The molecule has 0 aliphatic rings. The van der Waals surface area contributed by atoms with Gasteiger partial charge in [-0.1, -0.05) is 12.1 Å². The van der Waals surface area contributed by atoms with E-state index in [9.17, 15) is 18.3 Å². The van der Waals surface area contributed by atoms with Crippen molar-refractivity contribution in [3.05, 3.63) is 59.5 Å². The lowest BCUT2D eigenvalue weighted by atomic mass is 10.1. The van der Waals surface area contributed by atoms with Crippen molar-refractivity contribution in [3.63, 3.8) is 0 Å². The van der Waals surface area contributed by atoms with Crippen molar-refractivity contribution in [1.29, 1.82) is 0 Å². The molecule has 1 aromatic carbocycles. The molecular formula is C14H10F3N3O. The lowest BCUT2D eigenvalue weighted by Crippen LogP contribution is -2.05. The quantitative estimate of drug-likeness (QED) is 0.790. The molecule has 4 nitrogen and oxygen atoms in total. The fraction of sp³-hybridized carbons (Fsp3) is 0.143. The number of alkyl halides is 3. The molecule has 2 aromatic heterocycles. The molecule has 3 rings (SSSR count). The Bertz CT molecular complexity index is 778. The minimum Gasteiger partial charge on any atom is -0.504 e. The highest BCUT2D eigenvalue weighted by atomic mass is 19.4. The molecular weight excluding hydrogens is 283 g/mol. The van der Waals surface area contributed by atoms with E-state index in [4.69, 9.17) is 0 Å². The summed E-state index contributed by atoms with van der Waals surface area (Å²) in [5.41, 5.74) is 0.315. The minimum atomic E-state index is -4.34. The van der Waals surface area contributed by atoms with Gasteiger partial charge in [-0.3, -0.25) is 4.40 Å². The summed E-state index contributed by atoms with van der Waals surface area (Å²) in [5, 5.41) is 17.4. The van der Waals surface area contributed by atoms with E-state index in [0.29, 0.717) is 23.5 Å². The number of aromatic hydroxyl groups is 1. The summed E-state index contributed by atoms with van der Waals surface area (Å²) in [7, 11) is 0. The number of rotatable bonds is 2. The van der Waals surface area contributed by atoms with Gasteiger partial charge in [0.05, 0.1) is 5.56 Å². The van der Waals surface area contributed by atoms with Crippen molar-refractivity contribution in [2.24, 2.45) is 0 Å². The second-order valence-electron chi connectivity index (χ2n) is 4.57. The van der Waals surface area contributed by atoms with Crippen LogP contribution in [-0.4, -0.2) is 19.7 Å². The van der Waals surface area contributed by atoms with E-state index in [1.54, 1.807) is 16.7 Å². The van der Waals surface area contributed by atoms with Crippen LogP contribution in [0.5, 0.6) is 5.75 Å². The fourth-order valence-electron chi connectivity index (χ4n) is 2.06. The van der Waals surface area contributed by atoms with E-state index in [1.807, 2.05) is 0 Å². The topological polar surface area (TPSA) is 50.4 Å². The van der Waals surface area contributed by atoms with Crippen molar-refractivity contribution in [2.45, 2.75) is 12.6 Å². The first kappa shape index (κ1) is 13.4. The van der Waals surface area contributed by atoms with E-state index in [0.717, 1.165) is 12.1 Å². The van der Waals surface area contributed by atoms with Crippen LogP contribution in [0, 0.1) is 0 Å². The largest absolute Gasteiger partial charge is 0.504 e. The maximum absolute atomic E-state index is 12.5. The molecule has 0 unspecified atom stereocenters. The monoisotopic (exact) mass is 293 g/mol. The van der Waals surface area contributed by atoms with Gasteiger partial charge in [0.2, 0.25) is 5.65 Å². The molecule has 108 valence electrons. The van der Waals surface area contributed by atoms with E-state index in [2.05, 4.69) is 10.2 Å². The van der Waals surface area contributed by atoms with Gasteiger partial charge in [0.25, 0.3) is 0 Å². The zero-order valence-corrected chi connectivity index (χ0v) is 10.7. The molecule has 0 bridgehead atoms. The molecule has 0 fully saturated rings. The van der Waals surface area contributed by atoms with Crippen molar-refractivity contribution in [2.75, 3.05) is 0 Å². The van der Waals surface area contributed by atoms with Gasteiger partial charge in [-0.15, -0.1) is 10.2 Å². The molecule has 0 saturated heterocycles. The van der Waals surface area contributed by atoms with Crippen LogP contribution in [0.25, 0.3) is 5.65 Å². The van der Waals surface area contributed by atoms with Gasteiger partial charge in [-0.2, -0.15) is 13.2 Å². The Kier molecular flexibility index (Phi) is 3.04. The van der Waals surface area contributed by atoms with Gasteiger partial charge >= 0.3 is 6.18 Å². The van der Waals surface area contributed by atoms with Crippen LogP contribution in [0.3, 0.4) is 0 Å². The number of benzene rings is 1. The van der Waals surface area contributed by atoms with Gasteiger partial charge in [0, 0.05) is 12.6 Å². The normalized spacial score (nSPS) is 12.0. The number of hydrogen-bond acceptors (Lipinski definition) is 3. The molecule has 21 heavy (non-hydrogen) atoms. The van der Waals surface area contributed by atoms with Crippen LogP contribution in [-0.2, 0) is 12.6 Å². The third kappa shape index (κ3) is 2.54. The number of nitrogens with zero attached hydrogens (tertiary/aromatic N) is 3. The molecule has 7 heteroatoms. The predicted molar refractivity (Wildman–Crippen MR) is 68.9 cm³/mol. The van der Waals surface area contributed by atoms with Gasteiger partial charge in [-0.05, 0) is 29.8 Å². The van der Waals surface area contributed by atoms with E-state index < -0.39 is 11.7 Å². The first-order valence-electron chi connectivity index (χ1n) is 6.13. The second-order valence-corrected chi connectivity index (χ2v) is 4.57. The maximum Gasteiger partial charge on any atom is 0.416 e. The summed E-state index contributed by atoms with van der Waals surface area (Å²) < 4.78 is 39.1. The maximum atomic E-state index is 12.5. The van der Waals surface area contributed by atoms with E-state index in [-0.39, 0.29) is 5.75 Å². The highest BCUT2D eigenvalue weighted by Crippen LogP contribution is 2.29. The average molecular weight is 293 g/mol. The van der Waals surface area contributed by atoms with Gasteiger partial charge in [0.15, 0.2) is 5.75 Å². The molecule has 0 amide bonds. The number of pyridine rings is 1. The summed E-state index contributed by atoms with van der Waals surface area (Å²) in [4.78, 5) is 0. The second kappa shape index (κ2) is 4.76. The third-order valence-electron chi connectivity index (χ3n) is 3.13. The summed E-state index contributed by atoms with van der Waals surface area (Å²) in [5.74, 6) is 0.546. The lowest BCUT2D eigenvalue weighted by Gasteiger charge is -2.07. The van der Waals surface area contributed by atoms with Crippen LogP contribution >= 0.6 is 0 Å². The molecule has 0 spiro atoms. The van der Waals surface area contributed by atoms with Crippen LogP contribution < -0.4 is 0 Å². The third-order valence-corrected chi connectivity index (χ3v) is 3.13. The molecule has 0 radical (unpaired) electrons. The Morgan fingerprint density at radius 1 is 1.05 bits per heavy atom. The molecule has 0 aliphatic heterocycles. The Morgan fingerprint density at radius 3 is 2.43 bits per heavy atom. The van der Waals surface area contributed by atoms with Crippen molar-refractivity contribution in [3.8, 4) is 5.75 Å². The van der Waals surface area contributed by atoms with Crippen LogP contribution in [0.4, 0.5) is 13.2 Å². The Balaban J connectivity index is 1.90. The Morgan fingerprint density at radius 2 is 1.76 bits per heavy atom. The van der Waals surface area contributed by atoms with E-state index >= 15 is 0 Å². The van der Waals surface area contributed by atoms with Gasteiger partial charge in [-0.25, -0.2) is 0 Å². The Hall–Kier alpha value is -2.57. The summed E-state index contributed by atoms with van der Waals surface area (Å²) in [6, 6.07) is 8.03. The number of halogens is 3. The summed E-state index contributed by atoms with van der Waals surface area (Å²) >= 11 is 0. The highest BCUT2D eigenvalue weighted by molar-refractivity contribution is 5.52. The minimum absolute atomic E-state index is 0.00340. The molecule has 2 heterocycles. The standard InChI is InChI=1S/C14H10F3N3O/c15-14(16,17)10-5-3-9(4-6-10)8-12-18-19-13-11(21)2-1-7-20(12)13/h1-7,21H,8H2. The predicted octanol–water partition coefficient (Wildman–Crippen LogP) is 3.04. The van der Waals surface area contributed by atoms with Gasteiger partial charge in [0.1, 0.15) is 5.82 Å². The first-order valence-corrected chi connectivity index (χ1v) is 6.13. The molecule has 0 saturated carbocycles. The fourth-order valence-corrected chi connectivity index (χ4v) is 2.06. The summed E-state index contributed by atoms with van der Waals surface area (Å²) in [6.07, 6.45) is -2.33. The smallest absolute Gasteiger partial charge is 0.416 e. The molecule has 0 atom stereocenters. The SMILES string of the molecule is Oc1cccn2c(Cc3ccc(C(F)(F)F)cc3)nnc12. The first-order chi connectivity index (χ1) is 9.95. The van der Waals surface area contributed by atoms with Crippen LogP contribution in [0.15, 0.2) is 42.6 Å². The van der Waals surface area contributed by atoms with Crippen LogP contribution in [0.2, 0.25) is 0 Å². The molecule has 0 aliphatic carbocycles. The highest BCUT2D eigenvalue weighted by Gasteiger charge is 2.29.